The van der Waals surface area contributed by atoms with Crippen LogP contribution >= 0.6 is 11.3 Å². The van der Waals surface area contributed by atoms with Crippen LogP contribution in [0.2, 0.25) is 0 Å². The lowest BCUT2D eigenvalue weighted by atomic mass is 10.2. The second kappa shape index (κ2) is 6.57. The Hall–Kier alpha value is -0.890. The molecule has 0 fully saturated rings. The van der Waals surface area contributed by atoms with Gasteiger partial charge in [0.05, 0.1) is 4.88 Å². The molecule has 82 valence electrons. The number of ketones is 1. The van der Waals surface area contributed by atoms with E-state index in [0.29, 0.717) is 0 Å². The summed E-state index contributed by atoms with van der Waals surface area (Å²) in [6, 6.07) is 3.97. The molecule has 15 heavy (non-hydrogen) atoms. The Kier molecular flexibility index (Phi) is 5.33. The molecule has 1 rings (SSSR count). The van der Waals surface area contributed by atoms with Crippen molar-refractivity contribution < 1.29 is 4.79 Å². The van der Waals surface area contributed by atoms with E-state index in [0.717, 1.165) is 24.1 Å². The van der Waals surface area contributed by atoms with Crippen molar-refractivity contribution in [2.75, 3.05) is 0 Å². The van der Waals surface area contributed by atoms with Gasteiger partial charge < -0.3 is 0 Å². The summed E-state index contributed by atoms with van der Waals surface area (Å²) in [4.78, 5) is 13.8. The van der Waals surface area contributed by atoms with Crippen LogP contribution in [0.3, 0.4) is 0 Å². The third-order valence-corrected chi connectivity index (χ3v) is 3.49. The smallest absolute Gasteiger partial charge is 0.195 e. The van der Waals surface area contributed by atoms with Crippen LogP contribution < -0.4 is 0 Å². The highest BCUT2D eigenvalue weighted by molar-refractivity contribution is 7.14. The molecule has 0 aliphatic carbocycles. The molecule has 0 bridgehead atoms. The highest BCUT2D eigenvalue weighted by Crippen LogP contribution is 2.17. The van der Waals surface area contributed by atoms with Gasteiger partial charge in [0.1, 0.15) is 0 Å². The summed E-state index contributed by atoms with van der Waals surface area (Å²) in [7, 11) is 0. The molecule has 0 saturated heterocycles. The van der Waals surface area contributed by atoms with Crippen molar-refractivity contribution in [3.63, 3.8) is 0 Å². The Labute approximate surface area is 95.8 Å². The molecule has 0 radical (unpaired) electrons. The van der Waals surface area contributed by atoms with Crippen molar-refractivity contribution in [3.8, 4) is 0 Å². The molecular formula is C13H18OS. The van der Waals surface area contributed by atoms with Gasteiger partial charge in [-0.3, -0.25) is 4.79 Å². The fourth-order valence-electron chi connectivity index (χ4n) is 1.29. The maximum absolute atomic E-state index is 11.7. The summed E-state index contributed by atoms with van der Waals surface area (Å²) < 4.78 is 0. The van der Waals surface area contributed by atoms with Gasteiger partial charge in [-0.25, -0.2) is 0 Å². The zero-order chi connectivity index (χ0) is 11.1. The van der Waals surface area contributed by atoms with E-state index >= 15 is 0 Å². The molecule has 0 aliphatic heterocycles. The second-order valence-electron chi connectivity index (χ2n) is 3.53. The van der Waals surface area contributed by atoms with Crippen LogP contribution in [0.5, 0.6) is 0 Å². The maximum atomic E-state index is 11.7. The van der Waals surface area contributed by atoms with Crippen LogP contribution in [0.25, 0.3) is 0 Å². The first-order valence-electron chi connectivity index (χ1n) is 5.57. The van der Waals surface area contributed by atoms with E-state index in [-0.39, 0.29) is 5.78 Å². The normalized spacial score (nSPS) is 11.1. The SMILES string of the molecule is CCCC/C=C/C(=O)c1ccc(CC)s1. The van der Waals surface area contributed by atoms with Gasteiger partial charge in [-0.1, -0.05) is 32.8 Å². The zero-order valence-electron chi connectivity index (χ0n) is 9.45. The molecule has 0 amide bonds. The first-order valence-corrected chi connectivity index (χ1v) is 6.39. The molecule has 0 atom stereocenters. The maximum Gasteiger partial charge on any atom is 0.195 e. The molecule has 0 aromatic carbocycles. The fraction of sp³-hybridized carbons (Fsp3) is 0.462. The Morgan fingerprint density at radius 3 is 2.80 bits per heavy atom. The Morgan fingerprint density at radius 1 is 1.40 bits per heavy atom. The highest BCUT2D eigenvalue weighted by Gasteiger charge is 2.04. The number of hydrogen-bond donors (Lipinski definition) is 0. The molecular weight excluding hydrogens is 204 g/mol. The minimum atomic E-state index is 0.149. The van der Waals surface area contributed by atoms with Crippen LogP contribution in [-0.4, -0.2) is 5.78 Å². The van der Waals surface area contributed by atoms with Crippen molar-refractivity contribution in [1.82, 2.24) is 0 Å². The van der Waals surface area contributed by atoms with E-state index in [1.807, 2.05) is 18.2 Å². The number of carbonyl (C=O) groups excluding carboxylic acids is 1. The van der Waals surface area contributed by atoms with E-state index in [1.165, 1.54) is 11.3 Å². The number of thiophene rings is 1. The van der Waals surface area contributed by atoms with Crippen molar-refractivity contribution in [2.45, 2.75) is 39.5 Å². The van der Waals surface area contributed by atoms with E-state index in [9.17, 15) is 4.79 Å². The second-order valence-corrected chi connectivity index (χ2v) is 4.70. The van der Waals surface area contributed by atoms with Crippen molar-refractivity contribution >= 4 is 17.1 Å². The minimum absolute atomic E-state index is 0.149. The number of hydrogen-bond acceptors (Lipinski definition) is 2. The van der Waals surface area contributed by atoms with Gasteiger partial charge in [0, 0.05) is 4.88 Å². The van der Waals surface area contributed by atoms with Crippen LogP contribution in [0.15, 0.2) is 24.3 Å². The molecule has 2 heteroatoms. The Bertz CT molecular complexity index is 336. The van der Waals surface area contributed by atoms with E-state index in [2.05, 4.69) is 13.8 Å². The first kappa shape index (κ1) is 12.2. The lowest BCUT2D eigenvalue weighted by Gasteiger charge is -1.90. The van der Waals surface area contributed by atoms with Crippen molar-refractivity contribution in [2.24, 2.45) is 0 Å². The van der Waals surface area contributed by atoms with Gasteiger partial charge in [-0.05, 0) is 31.1 Å². The number of unbranched alkanes of at least 4 members (excludes halogenated alkanes) is 2. The van der Waals surface area contributed by atoms with Crippen LogP contribution in [0, 0.1) is 0 Å². The molecule has 1 nitrogen and oxygen atoms in total. The fourth-order valence-corrected chi connectivity index (χ4v) is 2.16. The van der Waals surface area contributed by atoms with Crippen molar-refractivity contribution in [1.29, 1.82) is 0 Å². The lowest BCUT2D eigenvalue weighted by molar-refractivity contribution is 0.105. The van der Waals surface area contributed by atoms with Crippen LogP contribution in [-0.2, 0) is 6.42 Å². The molecule has 1 aromatic rings. The predicted octanol–water partition coefficient (Wildman–Crippen LogP) is 4.24. The molecule has 0 aliphatic rings. The van der Waals surface area contributed by atoms with Gasteiger partial charge in [0.2, 0.25) is 0 Å². The Balaban J connectivity index is 2.49. The largest absolute Gasteiger partial charge is 0.288 e. The van der Waals surface area contributed by atoms with Gasteiger partial charge in [0.15, 0.2) is 5.78 Å². The summed E-state index contributed by atoms with van der Waals surface area (Å²) in [5, 5.41) is 0. The van der Waals surface area contributed by atoms with Gasteiger partial charge >= 0.3 is 0 Å². The van der Waals surface area contributed by atoms with E-state index < -0.39 is 0 Å². The average molecular weight is 222 g/mol. The summed E-state index contributed by atoms with van der Waals surface area (Å²) in [5.74, 6) is 0.149. The molecule has 0 unspecified atom stereocenters. The number of carbonyl (C=O) groups is 1. The zero-order valence-corrected chi connectivity index (χ0v) is 10.3. The number of rotatable bonds is 6. The quantitative estimate of drug-likeness (QED) is 0.400. The van der Waals surface area contributed by atoms with Crippen LogP contribution in [0.1, 0.15) is 47.7 Å². The van der Waals surface area contributed by atoms with Gasteiger partial charge in [-0.15, -0.1) is 11.3 Å². The molecule has 1 aromatic heterocycles. The minimum Gasteiger partial charge on any atom is -0.288 e. The summed E-state index contributed by atoms with van der Waals surface area (Å²) in [5.41, 5.74) is 0. The van der Waals surface area contributed by atoms with Gasteiger partial charge in [-0.2, -0.15) is 0 Å². The average Bonchev–Trinajstić information content (AvgIpc) is 2.72. The Morgan fingerprint density at radius 2 is 2.20 bits per heavy atom. The molecule has 0 saturated carbocycles. The van der Waals surface area contributed by atoms with E-state index in [4.69, 9.17) is 0 Å². The van der Waals surface area contributed by atoms with Crippen LogP contribution in [0.4, 0.5) is 0 Å². The van der Waals surface area contributed by atoms with Gasteiger partial charge in [0.25, 0.3) is 0 Å². The standard InChI is InChI=1S/C13H18OS/c1-3-5-6-7-8-12(14)13-10-9-11(4-2)15-13/h7-10H,3-6H2,1-2H3/b8-7+. The first-order chi connectivity index (χ1) is 7.27. The molecule has 0 spiro atoms. The monoisotopic (exact) mass is 222 g/mol. The summed E-state index contributed by atoms with van der Waals surface area (Å²) in [6.07, 6.45) is 8.05. The summed E-state index contributed by atoms with van der Waals surface area (Å²) in [6.45, 7) is 4.26. The molecule has 1 heterocycles. The molecule has 0 N–H and O–H groups in total. The third kappa shape index (κ3) is 4.00. The lowest BCUT2D eigenvalue weighted by Crippen LogP contribution is -1.88. The number of allylic oxidation sites excluding steroid dienone is 2. The predicted molar refractivity (Wildman–Crippen MR) is 66.7 cm³/mol. The van der Waals surface area contributed by atoms with Crippen molar-refractivity contribution in [3.05, 3.63) is 34.0 Å². The van der Waals surface area contributed by atoms with E-state index in [1.54, 1.807) is 17.4 Å². The topological polar surface area (TPSA) is 17.1 Å². The third-order valence-electron chi connectivity index (χ3n) is 2.25. The highest BCUT2D eigenvalue weighted by atomic mass is 32.1. The number of aryl methyl sites for hydroxylation is 1. The summed E-state index contributed by atoms with van der Waals surface area (Å²) >= 11 is 1.60.